The number of para-hydroxylation sites is 1. The largest absolute Gasteiger partial charge is 0.507 e. The number of phenols is 1. The molecule has 9 rings (SSSR count). The first-order valence-electron chi connectivity index (χ1n) is 16.1. The minimum Gasteiger partial charge on any atom is -0.507 e. The number of pyridine rings is 2. The van der Waals surface area contributed by atoms with E-state index >= 15 is 0 Å². The molecule has 0 atom stereocenters. The number of fused-ring (bicyclic) bond motifs is 4. The quantitative estimate of drug-likeness (QED) is 0.176. The van der Waals surface area contributed by atoms with Gasteiger partial charge in [-0.15, -0.1) is 29.7 Å². The van der Waals surface area contributed by atoms with Gasteiger partial charge in [0.1, 0.15) is 17.3 Å². The Bertz CT molecular complexity index is 2410. The van der Waals surface area contributed by atoms with E-state index in [0.29, 0.717) is 0 Å². The zero-order chi connectivity index (χ0) is 32.0. The van der Waals surface area contributed by atoms with Gasteiger partial charge in [-0.2, -0.15) is 0 Å². The van der Waals surface area contributed by atoms with Crippen molar-refractivity contribution in [2.45, 2.75) is 12.8 Å². The second-order valence-electron chi connectivity index (χ2n) is 12.1. The molecule has 0 spiro atoms. The molecule has 0 unspecified atom stereocenters. The zero-order valence-electron chi connectivity index (χ0n) is 26.3. The standard InChI is InChI=1S/C43H29N4O.Pt/c48-39-20-9-15-30-21-22-31-23-24-37(45-41(31)40(30)39)38-27-47(43(46-38)35-25-26-44-36-19-8-7-16-34(35)36)42-32(28-11-3-1-4-12-28)17-10-18-33(42)29-13-5-2-6-14-29;/h1-15,17-20,23-27,48H,21-22H2;/q-1;. The van der Waals surface area contributed by atoms with Crippen LogP contribution in [0.3, 0.4) is 0 Å². The SMILES string of the molecule is Oc1cccc2c1-c1nc(-c3cn(-c4c(-c5ccccc5)cccc4-c4ccccc4)c(-c4ccnc5ccc[c-]c45)n3)ccc1CC2.[Pt]. The van der Waals surface area contributed by atoms with Gasteiger partial charge in [0.15, 0.2) is 0 Å². The van der Waals surface area contributed by atoms with Gasteiger partial charge in [-0.05, 0) is 52.7 Å². The maximum absolute atomic E-state index is 10.9. The molecule has 8 aromatic rings. The molecule has 238 valence electrons. The van der Waals surface area contributed by atoms with Gasteiger partial charge in [-0.3, -0.25) is 0 Å². The van der Waals surface area contributed by atoms with E-state index in [0.717, 1.165) is 96.8 Å². The van der Waals surface area contributed by atoms with Crippen molar-refractivity contribution in [3.8, 4) is 67.7 Å². The van der Waals surface area contributed by atoms with Crippen LogP contribution < -0.4 is 0 Å². The number of hydrogen-bond acceptors (Lipinski definition) is 4. The fourth-order valence-corrected chi connectivity index (χ4v) is 6.97. The summed E-state index contributed by atoms with van der Waals surface area (Å²) in [5.74, 6) is 1.02. The molecule has 1 aliphatic rings. The fourth-order valence-electron chi connectivity index (χ4n) is 6.97. The summed E-state index contributed by atoms with van der Waals surface area (Å²) in [4.78, 5) is 15.2. The number of imidazole rings is 1. The van der Waals surface area contributed by atoms with Gasteiger partial charge < -0.3 is 14.7 Å². The van der Waals surface area contributed by atoms with Crippen molar-refractivity contribution in [3.05, 3.63) is 163 Å². The summed E-state index contributed by atoms with van der Waals surface area (Å²) in [5, 5.41) is 11.8. The molecular formula is C43H29N4OPt-. The van der Waals surface area contributed by atoms with Gasteiger partial charge in [0.05, 0.1) is 17.1 Å². The van der Waals surface area contributed by atoms with E-state index in [9.17, 15) is 5.11 Å². The Kier molecular flexibility index (Phi) is 7.99. The third-order valence-electron chi connectivity index (χ3n) is 9.22. The molecule has 0 radical (unpaired) electrons. The fraction of sp³-hybridized carbons (Fsp3) is 0.0465. The van der Waals surface area contributed by atoms with E-state index in [4.69, 9.17) is 9.97 Å². The molecule has 0 amide bonds. The average molecular weight is 813 g/mol. The van der Waals surface area contributed by atoms with E-state index in [1.165, 1.54) is 0 Å². The summed E-state index contributed by atoms with van der Waals surface area (Å²) in [6.07, 6.45) is 5.69. The summed E-state index contributed by atoms with van der Waals surface area (Å²) in [6.45, 7) is 0. The molecule has 3 aromatic heterocycles. The summed E-state index contributed by atoms with van der Waals surface area (Å²) in [7, 11) is 0. The Labute approximate surface area is 298 Å². The van der Waals surface area contributed by atoms with Crippen LogP contribution in [0.2, 0.25) is 0 Å². The maximum atomic E-state index is 10.9. The molecule has 0 saturated carbocycles. The van der Waals surface area contributed by atoms with Crippen molar-refractivity contribution >= 4 is 10.9 Å². The predicted molar refractivity (Wildman–Crippen MR) is 192 cm³/mol. The normalized spacial score (nSPS) is 11.8. The minimum absolute atomic E-state index is 0. The monoisotopic (exact) mass is 812 g/mol. The van der Waals surface area contributed by atoms with Crippen molar-refractivity contribution < 1.29 is 26.2 Å². The number of aryl methyl sites for hydroxylation is 2. The van der Waals surface area contributed by atoms with Gasteiger partial charge in [0.25, 0.3) is 0 Å². The number of hydrogen-bond donors (Lipinski definition) is 1. The Hall–Kier alpha value is -5.64. The molecule has 1 aliphatic carbocycles. The molecular weight excluding hydrogens is 784 g/mol. The van der Waals surface area contributed by atoms with E-state index in [1.807, 2.05) is 48.7 Å². The number of phenolic OH excluding ortho intramolecular Hbond substituents is 1. The average Bonchev–Trinajstić information content (AvgIpc) is 3.60. The molecule has 6 heteroatoms. The molecule has 0 bridgehead atoms. The van der Waals surface area contributed by atoms with Crippen molar-refractivity contribution in [2.75, 3.05) is 0 Å². The van der Waals surface area contributed by atoms with Crippen molar-refractivity contribution in [1.29, 1.82) is 0 Å². The predicted octanol–water partition coefficient (Wildman–Crippen LogP) is 9.75. The van der Waals surface area contributed by atoms with Gasteiger partial charge >= 0.3 is 0 Å². The van der Waals surface area contributed by atoms with E-state index < -0.39 is 0 Å². The summed E-state index contributed by atoms with van der Waals surface area (Å²) in [5.41, 5.74) is 12.5. The van der Waals surface area contributed by atoms with Crippen LogP contribution >= 0.6 is 0 Å². The van der Waals surface area contributed by atoms with Crippen LogP contribution in [0, 0.1) is 6.07 Å². The van der Waals surface area contributed by atoms with Gasteiger partial charge in [0.2, 0.25) is 0 Å². The molecule has 0 aliphatic heterocycles. The Morgan fingerprint density at radius 3 is 2.08 bits per heavy atom. The van der Waals surface area contributed by atoms with Crippen LogP contribution in [0.15, 0.2) is 146 Å². The maximum Gasteiger partial charge on any atom is 0.125 e. The van der Waals surface area contributed by atoms with Crippen LogP contribution in [0.25, 0.3) is 72.9 Å². The topological polar surface area (TPSA) is 63.8 Å². The van der Waals surface area contributed by atoms with Crippen LogP contribution in [-0.4, -0.2) is 24.6 Å². The van der Waals surface area contributed by atoms with Crippen molar-refractivity contribution in [3.63, 3.8) is 0 Å². The van der Waals surface area contributed by atoms with Gasteiger partial charge in [-0.1, -0.05) is 109 Å². The summed E-state index contributed by atoms with van der Waals surface area (Å²) in [6, 6.07) is 48.7. The van der Waals surface area contributed by atoms with Crippen LogP contribution in [-0.2, 0) is 33.9 Å². The van der Waals surface area contributed by atoms with E-state index in [-0.39, 0.29) is 26.8 Å². The molecule has 0 saturated heterocycles. The molecule has 5 aromatic carbocycles. The molecule has 1 N–H and O–H groups in total. The Morgan fingerprint density at radius 1 is 0.612 bits per heavy atom. The minimum atomic E-state index is 0. The first-order chi connectivity index (χ1) is 23.7. The van der Waals surface area contributed by atoms with Gasteiger partial charge in [0, 0.05) is 50.1 Å². The molecule has 49 heavy (non-hydrogen) atoms. The zero-order valence-corrected chi connectivity index (χ0v) is 28.6. The first kappa shape index (κ1) is 30.7. The number of benzene rings is 5. The van der Waals surface area contributed by atoms with Crippen molar-refractivity contribution in [2.24, 2.45) is 0 Å². The van der Waals surface area contributed by atoms with Crippen LogP contribution in [0.5, 0.6) is 5.75 Å². The second kappa shape index (κ2) is 12.8. The molecule has 0 fully saturated rings. The summed E-state index contributed by atoms with van der Waals surface area (Å²) >= 11 is 0. The Morgan fingerprint density at radius 2 is 1.33 bits per heavy atom. The third-order valence-corrected chi connectivity index (χ3v) is 9.22. The molecule has 3 heterocycles. The smallest absolute Gasteiger partial charge is 0.125 e. The van der Waals surface area contributed by atoms with Crippen molar-refractivity contribution in [1.82, 2.24) is 19.5 Å². The number of nitrogens with zero attached hydrogens (tertiary/aromatic N) is 4. The number of rotatable bonds is 5. The molecule has 5 nitrogen and oxygen atoms in total. The van der Waals surface area contributed by atoms with E-state index in [1.54, 1.807) is 6.07 Å². The Balaban J connectivity index is 0.00000348. The first-order valence-corrected chi connectivity index (χ1v) is 16.1. The van der Waals surface area contributed by atoms with Gasteiger partial charge in [-0.25, -0.2) is 9.97 Å². The van der Waals surface area contributed by atoms with Crippen LogP contribution in [0.4, 0.5) is 0 Å². The number of aromatic nitrogens is 4. The van der Waals surface area contributed by atoms with E-state index in [2.05, 4.69) is 107 Å². The number of aromatic hydroxyl groups is 1. The summed E-state index contributed by atoms with van der Waals surface area (Å²) < 4.78 is 2.21. The van der Waals surface area contributed by atoms with Crippen LogP contribution in [0.1, 0.15) is 11.1 Å². The third kappa shape index (κ3) is 5.37. The second-order valence-corrected chi connectivity index (χ2v) is 12.1.